The Morgan fingerprint density at radius 1 is 1.17 bits per heavy atom. The van der Waals surface area contributed by atoms with E-state index in [0.29, 0.717) is 0 Å². The predicted octanol–water partition coefficient (Wildman–Crippen LogP) is 1.32. The first-order valence-electron chi connectivity index (χ1n) is 6.74. The summed E-state index contributed by atoms with van der Waals surface area (Å²) in [7, 11) is -3.93. The number of hydrogen-bond acceptors (Lipinski definition) is 4. The molecule has 1 amide bonds. The van der Waals surface area contributed by atoms with Gasteiger partial charge in [0.25, 0.3) is 5.91 Å². The van der Waals surface area contributed by atoms with E-state index in [0.717, 1.165) is 12.1 Å². The van der Waals surface area contributed by atoms with Crippen LogP contribution in [0, 0.1) is 5.82 Å². The van der Waals surface area contributed by atoms with Crippen LogP contribution >= 0.6 is 0 Å². The molecule has 0 unspecified atom stereocenters. The van der Waals surface area contributed by atoms with Gasteiger partial charge in [-0.3, -0.25) is 4.79 Å². The van der Waals surface area contributed by atoms with Crippen LogP contribution in [-0.4, -0.2) is 20.3 Å². The van der Waals surface area contributed by atoms with Gasteiger partial charge in [-0.15, -0.1) is 0 Å². The Labute approximate surface area is 136 Å². The zero-order valence-electron chi connectivity index (χ0n) is 12.2. The second-order valence-electron chi connectivity index (χ2n) is 5.08. The zero-order chi connectivity index (χ0) is 17.5. The van der Waals surface area contributed by atoms with Gasteiger partial charge in [-0.2, -0.15) is 4.99 Å². The van der Waals surface area contributed by atoms with E-state index < -0.39 is 33.3 Å². The number of ether oxygens (including phenoxy) is 1. The van der Waals surface area contributed by atoms with Gasteiger partial charge in [0, 0.05) is 11.1 Å². The third-order valence-corrected chi connectivity index (χ3v) is 5.04. The topological polar surface area (TPSA) is 125 Å². The highest BCUT2D eigenvalue weighted by Gasteiger charge is 2.29. The van der Waals surface area contributed by atoms with Crippen molar-refractivity contribution < 1.29 is 22.3 Å². The number of hydrogen-bond donors (Lipinski definition) is 2. The summed E-state index contributed by atoms with van der Waals surface area (Å²) < 4.78 is 44.6. The highest BCUT2D eigenvalue weighted by Crippen LogP contribution is 2.39. The van der Waals surface area contributed by atoms with Crippen molar-refractivity contribution in [3.05, 3.63) is 53.3 Å². The summed E-state index contributed by atoms with van der Waals surface area (Å²) in [5, 5.41) is 0. The van der Waals surface area contributed by atoms with Gasteiger partial charge >= 0.3 is 0 Å². The minimum Gasteiger partial charge on any atom is -0.456 e. The smallest absolute Gasteiger partial charge is 0.280 e. The molecule has 2 aromatic rings. The molecule has 124 valence electrons. The van der Waals surface area contributed by atoms with Crippen LogP contribution in [-0.2, 0) is 15.6 Å². The number of carbonyl (C=O) groups is 1. The molecule has 0 aliphatic carbocycles. The van der Waals surface area contributed by atoms with Crippen molar-refractivity contribution in [2.24, 2.45) is 16.5 Å². The molecule has 0 saturated carbocycles. The molecule has 24 heavy (non-hydrogen) atoms. The lowest BCUT2D eigenvalue weighted by Crippen LogP contribution is -2.24. The number of halogens is 1. The highest BCUT2D eigenvalue weighted by atomic mass is 32.2. The van der Waals surface area contributed by atoms with Crippen molar-refractivity contribution in [1.29, 1.82) is 0 Å². The van der Waals surface area contributed by atoms with Crippen LogP contribution in [0.25, 0.3) is 0 Å². The first kappa shape index (κ1) is 15.9. The van der Waals surface area contributed by atoms with Gasteiger partial charge in [-0.05, 0) is 30.3 Å². The molecule has 1 heterocycles. The maximum absolute atomic E-state index is 13.9. The van der Waals surface area contributed by atoms with Gasteiger partial charge in [0.1, 0.15) is 22.2 Å². The van der Waals surface area contributed by atoms with Crippen molar-refractivity contribution in [3.63, 3.8) is 0 Å². The second-order valence-corrected chi connectivity index (χ2v) is 7.04. The van der Waals surface area contributed by atoms with Gasteiger partial charge in [0.15, 0.2) is 15.8 Å². The number of amides is 1. The van der Waals surface area contributed by atoms with Crippen molar-refractivity contribution in [2.75, 3.05) is 0 Å². The molecule has 7 nitrogen and oxygen atoms in total. The molecule has 0 bridgehead atoms. The van der Waals surface area contributed by atoms with Crippen LogP contribution in [0.15, 0.2) is 46.3 Å². The third kappa shape index (κ3) is 2.81. The standard InChI is InChI=1S/C15H12FN3O4S/c16-10-2-1-3-11-9(10)7-24(21,22)13-6-8(4-5-12(13)23-11)14(20)19-15(17)18/h1-6H,7H2,(H4,17,18,19,20). The molecule has 3 rings (SSSR count). The van der Waals surface area contributed by atoms with Gasteiger partial charge in [-0.1, -0.05) is 6.07 Å². The maximum atomic E-state index is 13.9. The average molecular weight is 349 g/mol. The number of aliphatic imine (C=N–C) groups is 1. The number of guanidine groups is 1. The van der Waals surface area contributed by atoms with E-state index in [-0.39, 0.29) is 27.5 Å². The first-order chi connectivity index (χ1) is 11.3. The van der Waals surface area contributed by atoms with Crippen molar-refractivity contribution in [2.45, 2.75) is 10.6 Å². The summed E-state index contributed by atoms with van der Waals surface area (Å²) in [6, 6.07) is 7.80. The highest BCUT2D eigenvalue weighted by molar-refractivity contribution is 7.90. The molecule has 9 heteroatoms. The number of nitrogens with zero attached hydrogens (tertiary/aromatic N) is 1. The SMILES string of the molecule is NC(N)=NC(=O)c1ccc2c(c1)S(=O)(=O)Cc1c(F)cccc1O2. The number of benzene rings is 2. The molecule has 0 saturated heterocycles. The lowest BCUT2D eigenvalue weighted by molar-refractivity contribution is 0.100. The van der Waals surface area contributed by atoms with E-state index in [1.807, 2.05) is 0 Å². The molecule has 0 fully saturated rings. The fourth-order valence-corrected chi connectivity index (χ4v) is 3.85. The van der Waals surface area contributed by atoms with E-state index in [2.05, 4.69) is 4.99 Å². The second kappa shape index (κ2) is 5.60. The van der Waals surface area contributed by atoms with Gasteiger partial charge in [-0.25, -0.2) is 12.8 Å². The molecule has 0 atom stereocenters. The Bertz CT molecular complexity index is 982. The number of carbonyl (C=O) groups excluding carboxylic acids is 1. The molecule has 0 spiro atoms. The molecule has 1 aliphatic rings. The third-order valence-electron chi connectivity index (χ3n) is 3.39. The van der Waals surface area contributed by atoms with Crippen molar-refractivity contribution >= 4 is 21.7 Å². The Balaban J connectivity index is 2.15. The monoisotopic (exact) mass is 349 g/mol. The molecule has 0 aromatic heterocycles. The Kier molecular flexibility index (Phi) is 3.72. The molecule has 2 aromatic carbocycles. The molecular weight excluding hydrogens is 337 g/mol. The molecule has 1 aliphatic heterocycles. The molecule has 0 radical (unpaired) electrons. The van der Waals surface area contributed by atoms with E-state index >= 15 is 0 Å². The van der Waals surface area contributed by atoms with Crippen LogP contribution in [0.3, 0.4) is 0 Å². The summed E-state index contributed by atoms with van der Waals surface area (Å²) >= 11 is 0. The summed E-state index contributed by atoms with van der Waals surface area (Å²) in [6.07, 6.45) is 0. The summed E-state index contributed by atoms with van der Waals surface area (Å²) in [6.45, 7) is 0. The minimum atomic E-state index is -3.93. The number of nitrogens with two attached hydrogens (primary N) is 2. The van der Waals surface area contributed by atoms with Crippen LogP contribution in [0.1, 0.15) is 15.9 Å². The quantitative estimate of drug-likeness (QED) is 0.591. The Hall–Kier alpha value is -2.94. The van der Waals surface area contributed by atoms with Crippen LogP contribution in [0.5, 0.6) is 11.5 Å². The predicted molar refractivity (Wildman–Crippen MR) is 83.9 cm³/mol. The van der Waals surface area contributed by atoms with Gasteiger partial charge < -0.3 is 16.2 Å². The largest absolute Gasteiger partial charge is 0.456 e. The lowest BCUT2D eigenvalue weighted by atomic mass is 10.2. The minimum absolute atomic E-state index is 0.000556. The number of sulfone groups is 1. The van der Waals surface area contributed by atoms with E-state index in [1.165, 1.54) is 24.3 Å². The van der Waals surface area contributed by atoms with E-state index in [1.54, 1.807) is 0 Å². The molecule has 4 N–H and O–H groups in total. The normalized spacial score (nSPS) is 14.5. The Morgan fingerprint density at radius 3 is 2.62 bits per heavy atom. The number of rotatable bonds is 1. The van der Waals surface area contributed by atoms with Gasteiger partial charge in [0.2, 0.25) is 0 Å². The maximum Gasteiger partial charge on any atom is 0.280 e. The van der Waals surface area contributed by atoms with Gasteiger partial charge in [0.05, 0.1) is 5.75 Å². The number of fused-ring (bicyclic) bond motifs is 2. The summed E-state index contributed by atoms with van der Waals surface area (Å²) in [4.78, 5) is 15.0. The first-order valence-corrected chi connectivity index (χ1v) is 8.39. The molecular formula is C15H12FN3O4S. The van der Waals surface area contributed by atoms with Crippen LogP contribution < -0.4 is 16.2 Å². The summed E-state index contributed by atoms with van der Waals surface area (Å²) in [5.41, 5.74) is 10.2. The Morgan fingerprint density at radius 2 is 1.92 bits per heavy atom. The lowest BCUT2D eigenvalue weighted by Gasteiger charge is -2.08. The van der Waals surface area contributed by atoms with Crippen molar-refractivity contribution in [1.82, 2.24) is 0 Å². The summed E-state index contributed by atoms with van der Waals surface area (Å²) in [5.74, 6) is -2.38. The van der Waals surface area contributed by atoms with Crippen LogP contribution in [0.2, 0.25) is 0 Å². The fourth-order valence-electron chi connectivity index (χ4n) is 2.31. The average Bonchev–Trinajstić information content (AvgIpc) is 2.61. The fraction of sp³-hybridized carbons (Fsp3) is 0.0667. The zero-order valence-corrected chi connectivity index (χ0v) is 13.0. The van der Waals surface area contributed by atoms with E-state index in [4.69, 9.17) is 16.2 Å². The van der Waals surface area contributed by atoms with E-state index in [9.17, 15) is 17.6 Å². The van der Waals surface area contributed by atoms with Crippen molar-refractivity contribution in [3.8, 4) is 11.5 Å². The van der Waals surface area contributed by atoms with Crippen LogP contribution in [0.4, 0.5) is 4.39 Å².